The van der Waals surface area contributed by atoms with E-state index in [1.165, 1.54) is 11.1 Å². The van der Waals surface area contributed by atoms with Crippen molar-refractivity contribution in [2.75, 3.05) is 14.1 Å². The van der Waals surface area contributed by atoms with Crippen LogP contribution in [0.5, 0.6) is 0 Å². The van der Waals surface area contributed by atoms with Crippen LogP contribution in [0.1, 0.15) is 25.0 Å². The maximum absolute atomic E-state index is 12.3. The molecule has 0 N–H and O–H groups in total. The number of benzene rings is 1. The molecule has 1 aliphatic carbocycles. The Bertz CT molecular complexity index is 473. The molecule has 16 heavy (non-hydrogen) atoms. The summed E-state index contributed by atoms with van der Waals surface area (Å²) in [5, 5.41) is 0. The van der Waals surface area contributed by atoms with Gasteiger partial charge >= 0.3 is 0 Å². The fourth-order valence-electron chi connectivity index (χ4n) is 2.51. The summed E-state index contributed by atoms with van der Waals surface area (Å²) in [4.78, 5) is 13.9. The zero-order chi connectivity index (χ0) is 11.9. The highest BCUT2D eigenvalue weighted by atomic mass is 16.2. The first kappa shape index (κ1) is 10.9. The summed E-state index contributed by atoms with van der Waals surface area (Å²) in [6.07, 6.45) is 2.07. The number of amides is 1. The molecule has 0 spiro atoms. The summed E-state index contributed by atoms with van der Waals surface area (Å²) in [7, 11) is 3.61. The summed E-state index contributed by atoms with van der Waals surface area (Å²) in [5.41, 5.74) is 3.00. The number of allylic oxidation sites excluding steroid dienone is 1. The van der Waals surface area contributed by atoms with Crippen LogP contribution in [0.25, 0.3) is 5.57 Å². The molecule has 0 heterocycles. The summed E-state index contributed by atoms with van der Waals surface area (Å²) >= 11 is 0. The Morgan fingerprint density at radius 3 is 2.50 bits per heavy atom. The Hall–Kier alpha value is -1.57. The van der Waals surface area contributed by atoms with Gasteiger partial charge in [0.25, 0.3) is 0 Å². The van der Waals surface area contributed by atoms with Gasteiger partial charge in [-0.2, -0.15) is 0 Å². The number of rotatable bonds is 1. The van der Waals surface area contributed by atoms with Gasteiger partial charge in [0.15, 0.2) is 0 Å². The largest absolute Gasteiger partial charge is 0.348 e. The van der Waals surface area contributed by atoms with Crippen LogP contribution in [0.15, 0.2) is 30.3 Å². The van der Waals surface area contributed by atoms with Crippen LogP contribution < -0.4 is 0 Å². The van der Waals surface area contributed by atoms with Gasteiger partial charge in [0, 0.05) is 14.1 Å². The van der Waals surface area contributed by atoms with E-state index in [1.54, 1.807) is 19.0 Å². The topological polar surface area (TPSA) is 20.3 Å². The van der Waals surface area contributed by atoms with E-state index in [-0.39, 0.29) is 5.91 Å². The van der Waals surface area contributed by atoms with E-state index in [1.807, 2.05) is 25.1 Å². The van der Waals surface area contributed by atoms with Crippen LogP contribution in [0.3, 0.4) is 0 Å². The minimum atomic E-state index is -0.496. The smallest absolute Gasteiger partial charge is 0.236 e. The van der Waals surface area contributed by atoms with Crippen molar-refractivity contribution in [1.29, 1.82) is 0 Å². The Morgan fingerprint density at radius 1 is 1.25 bits per heavy atom. The lowest BCUT2D eigenvalue weighted by molar-refractivity contribution is -0.132. The third kappa shape index (κ3) is 1.37. The number of carbonyl (C=O) groups is 1. The number of likely N-dealkylation sites (N-methyl/N-ethyl adjacent to an activating group) is 1. The lowest BCUT2D eigenvalue weighted by Crippen LogP contribution is -2.39. The van der Waals surface area contributed by atoms with Crippen molar-refractivity contribution in [1.82, 2.24) is 4.90 Å². The van der Waals surface area contributed by atoms with E-state index in [0.29, 0.717) is 0 Å². The average Bonchev–Trinajstić information content (AvgIpc) is 2.52. The standard InChI is InChI=1S/C14H17NO/c1-10-9-14(2,13(16)15(3)4)12-8-6-5-7-11(10)12/h5-9H,1-4H3. The number of fused-ring (bicyclic) bond motifs is 1. The molecule has 1 aliphatic rings. The first-order valence-corrected chi connectivity index (χ1v) is 5.48. The molecule has 0 saturated carbocycles. The lowest BCUT2D eigenvalue weighted by atomic mass is 9.83. The molecule has 0 radical (unpaired) electrons. The molecule has 1 aromatic carbocycles. The normalized spacial score (nSPS) is 22.6. The van der Waals surface area contributed by atoms with Gasteiger partial charge in [0.1, 0.15) is 0 Å². The highest BCUT2D eigenvalue weighted by Gasteiger charge is 2.39. The molecule has 0 fully saturated rings. The van der Waals surface area contributed by atoms with Gasteiger partial charge < -0.3 is 4.90 Å². The van der Waals surface area contributed by atoms with Gasteiger partial charge in [-0.3, -0.25) is 4.79 Å². The van der Waals surface area contributed by atoms with Crippen molar-refractivity contribution in [3.63, 3.8) is 0 Å². The molecule has 1 unspecified atom stereocenters. The minimum Gasteiger partial charge on any atom is -0.348 e. The molecule has 1 atom stereocenters. The highest BCUT2D eigenvalue weighted by molar-refractivity contribution is 5.96. The first-order chi connectivity index (χ1) is 7.47. The number of nitrogens with zero attached hydrogens (tertiary/aromatic N) is 1. The highest BCUT2D eigenvalue weighted by Crippen LogP contribution is 2.40. The van der Waals surface area contributed by atoms with Crippen LogP contribution in [0.4, 0.5) is 0 Å². The Balaban J connectivity index is 2.58. The van der Waals surface area contributed by atoms with E-state index in [2.05, 4.69) is 19.1 Å². The Morgan fingerprint density at radius 2 is 1.88 bits per heavy atom. The van der Waals surface area contributed by atoms with E-state index >= 15 is 0 Å². The van der Waals surface area contributed by atoms with Gasteiger partial charge in [-0.25, -0.2) is 0 Å². The van der Waals surface area contributed by atoms with Crippen LogP contribution in [-0.2, 0) is 10.2 Å². The van der Waals surface area contributed by atoms with Crippen molar-refractivity contribution in [2.24, 2.45) is 0 Å². The maximum Gasteiger partial charge on any atom is 0.236 e. The van der Waals surface area contributed by atoms with Crippen LogP contribution >= 0.6 is 0 Å². The third-order valence-electron chi connectivity index (χ3n) is 3.27. The Labute approximate surface area is 96.6 Å². The van der Waals surface area contributed by atoms with Gasteiger partial charge in [-0.1, -0.05) is 30.3 Å². The molecule has 2 heteroatoms. The van der Waals surface area contributed by atoms with Crippen LogP contribution in [-0.4, -0.2) is 24.9 Å². The van der Waals surface area contributed by atoms with E-state index < -0.39 is 5.41 Å². The molecule has 84 valence electrons. The molecule has 0 aromatic heterocycles. The fourth-order valence-corrected chi connectivity index (χ4v) is 2.51. The van der Waals surface area contributed by atoms with Crippen molar-refractivity contribution in [3.8, 4) is 0 Å². The van der Waals surface area contributed by atoms with Crippen molar-refractivity contribution in [2.45, 2.75) is 19.3 Å². The van der Waals surface area contributed by atoms with E-state index in [9.17, 15) is 4.79 Å². The molecule has 1 amide bonds. The molecule has 2 nitrogen and oxygen atoms in total. The summed E-state index contributed by atoms with van der Waals surface area (Å²) in [6, 6.07) is 8.13. The third-order valence-corrected chi connectivity index (χ3v) is 3.27. The number of carbonyl (C=O) groups excluding carboxylic acids is 1. The average molecular weight is 215 g/mol. The van der Waals surface area contributed by atoms with E-state index in [4.69, 9.17) is 0 Å². The van der Waals surface area contributed by atoms with E-state index in [0.717, 1.165) is 5.56 Å². The fraction of sp³-hybridized carbons (Fsp3) is 0.357. The molecule has 0 saturated heterocycles. The molecule has 1 aromatic rings. The molecule has 2 rings (SSSR count). The lowest BCUT2D eigenvalue weighted by Gasteiger charge is -2.26. The SMILES string of the molecule is CC1=CC(C)(C(=O)N(C)C)c2ccccc21. The summed E-state index contributed by atoms with van der Waals surface area (Å²) in [5.74, 6) is 0.136. The second kappa shape index (κ2) is 3.48. The Kier molecular flexibility index (Phi) is 2.38. The van der Waals surface area contributed by atoms with Crippen LogP contribution in [0, 0.1) is 0 Å². The van der Waals surface area contributed by atoms with Crippen molar-refractivity contribution < 1.29 is 4.79 Å². The second-order valence-electron chi connectivity index (χ2n) is 4.77. The number of hydrogen-bond donors (Lipinski definition) is 0. The predicted molar refractivity (Wildman–Crippen MR) is 66.1 cm³/mol. The second-order valence-corrected chi connectivity index (χ2v) is 4.77. The quantitative estimate of drug-likeness (QED) is 0.704. The molecular weight excluding hydrogens is 198 g/mol. The first-order valence-electron chi connectivity index (χ1n) is 5.48. The molecule has 0 aliphatic heterocycles. The molecular formula is C14H17NO. The van der Waals surface area contributed by atoms with Gasteiger partial charge in [-0.05, 0) is 30.5 Å². The van der Waals surface area contributed by atoms with Gasteiger partial charge in [-0.15, -0.1) is 0 Å². The van der Waals surface area contributed by atoms with Gasteiger partial charge in [0.05, 0.1) is 5.41 Å². The predicted octanol–water partition coefficient (Wildman–Crippen LogP) is 2.45. The monoisotopic (exact) mass is 215 g/mol. The van der Waals surface area contributed by atoms with Crippen molar-refractivity contribution >= 4 is 11.5 Å². The maximum atomic E-state index is 12.3. The van der Waals surface area contributed by atoms with Crippen molar-refractivity contribution in [3.05, 3.63) is 41.5 Å². The minimum absolute atomic E-state index is 0.136. The zero-order valence-electron chi connectivity index (χ0n) is 10.2. The summed E-state index contributed by atoms with van der Waals surface area (Å²) in [6.45, 7) is 4.05. The molecule has 0 bridgehead atoms. The number of hydrogen-bond acceptors (Lipinski definition) is 1. The summed E-state index contributed by atoms with van der Waals surface area (Å²) < 4.78 is 0. The van der Waals surface area contributed by atoms with Gasteiger partial charge in [0.2, 0.25) is 5.91 Å². The van der Waals surface area contributed by atoms with Crippen LogP contribution in [0.2, 0.25) is 0 Å². The zero-order valence-corrected chi connectivity index (χ0v) is 10.2.